The molecule has 2 N–H and O–H groups in total. The van der Waals surface area contributed by atoms with Crippen LogP contribution in [0.15, 0.2) is 0 Å². The minimum atomic E-state index is 0.0226. The highest BCUT2D eigenvalue weighted by Crippen LogP contribution is 2.58. The van der Waals surface area contributed by atoms with Gasteiger partial charge >= 0.3 is 0 Å². The molecule has 0 aromatic carbocycles. The van der Waals surface area contributed by atoms with Crippen molar-refractivity contribution in [3.8, 4) is 0 Å². The first-order valence-corrected chi connectivity index (χ1v) is 6.86. The normalized spacial score (nSPS) is 33.8. The highest BCUT2D eigenvalue weighted by molar-refractivity contribution is 5.85. The van der Waals surface area contributed by atoms with Crippen molar-refractivity contribution in [1.82, 2.24) is 15.5 Å². The van der Waals surface area contributed by atoms with Crippen LogP contribution < -0.4 is 10.6 Å². The van der Waals surface area contributed by atoms with Crippen molar-refractivity contribution in [3.63, 3.8) is 0 Å². The first-order chi connectivity index (χ1) is 8.61. The van der Waals surface area contributed by atoms with E-state index in [9.17, 15) is 9.59 Å². The largest absolute Gasteiger partial charge is 0.351 e. The third-order valence-electron chi connectivity index (χ3n) is 4.79. The fourth-order valence-corrected chi connectivity index (χ4v) is 3.46. The third-order valence-corrected chi connectivity index (χ3v) is 4.79. The summed E-state index contributed by atoms with van der Waals surface area (Å²) in [5, 5.41) is 6.39. The molecule has 0 aromatic heterocycles. The molecule has 3 rings (SSSR count). The lowest BCUT2D eigenvalue weighted by molar-refractivity contribution is -0.126. The van der Waals surface area contributed by atoms with E-state index in [4.69, 9.17) is 0 Å². The van der Waals surface area contributed by atoms with Gasteiger partial charge in [0.05, 0.1) is 6.04 Å². The van der Waals surface area contributed by atoms with Crippen LogP contribution in [0.1, 0.15) is 25.7 Å². The van der Waals surface area contributed by atoms with Crippen LogP contribution in [0.2, 0.25) is 0 Å². The Bertz CT molecular complexity index is 376. The van der Waals surface area contributed by atoms with Gasteiger partial charge < -0.3 is 15.5 Å². The number of piperidine rings is 1. The van der Waals surface area contributed by atoms with E-state index in [1.807, 2.05) is 0 Å². The molecule has 1 aliphatic carbocycles. The monoisotopic (exact) mass is 251 g/mol. The summed E-state index contributed by atoms with van der Waals surface area (Å²) in [6, 6.07) is 0.0226. The van der Waals surface area contributed by atoms with Crippen molar-refractivity contribution in [1.29, 1.82) is 0 Å². The van der Waals surface area contributed by atoms with Gasteiger partial charge in [-0.05, 0) is 37.8 Å². The lowest BCUT2D eigenvalue weighted by Crippen LogP contribution is -2.39. The first-order valence-electron chi connectivity index (χ1n) is 6.86. The molecule has 5 heteroatoms. The average Bonchev–Trinajstić information content (AvgIpc) is 2.93. The Balaban J connectivity index is 1.53. The zero-order valence-electron chi connectivity index (χ0n) is 10.9. The summed E-state index contributed by atoms with van der Waals surface area (Å²) in [6.07, 6.45) is 3.74. The van der Waals surface area contributed by atoms with Crippen molar-refractivity contribution in [2.24, 2.45) is 11.3 Å². The minimum absolute atomic E-state index is 0.0226. The van der Waals surface area contributed by atoms with E-state index < -0.39 is 0 Å². The maximum atomic E-state index is 12.2. The third kappa shape index (κ3) is 2.00. The summed E-state index contributed by atoms with van der Waals surface area (Å²) in [5.74, 6) is 0.498. The Labute approximate surface area is 107 Å². The molecule has 2 aliphatic heterocycles. The fraction of sp³-hybridized carbons (Fsp3) is 0.846. The Morgan fingerprint density at radius 2 is 2.17 bits per heavy atom. The summed E-state index contributed by atoms with van der Waals surface area (Å²) < 4.78 is 0. The molecule has 5 nitrogen and oxygen atoms in total. The molecule has 0 aromatic rings. The lowest BCUT2D eigenvalue weighted by atomic mass is 9.91. The maximum Gasteiger partial charge on any atom is 0.224 e. The van der Waals surface area contributed by atoms with E-state index in [0.717, 1.165) is 32.4 Å². The molecule has 1 spiro atoms. The van der Waals surface area contributed by atoms with Crippen LogP contribution in [0, 0.1) is 11.3 Å². The van der Waals surface area contributed by atoms with Crippen LogP contribution in [0.5, 0.6) is 0 Å². The number of hydrogen-bond donors (Lipinski definition) is 2. The van der Waals surface area contributed by atoms with Crippen LogP contribution in [-0.2, 0) is 9.59 Å². The quantitative estimate of drug-likeness (QED) is 0.710. The number of carbonyl (C=O) groups is 2. The van der Waals surface area contributed by atoms with Gasteiger partial charge in [-0.15, -0.1) is 0 Å². The number of amides is 2. The SMILES string of the molecule is CN1CC(NC(=O)C2CC23CCNCC3)CC1=O. The van der Waals surface area contributed by atoms with E-state index in [1.165, 1.54) is 0 Å². The summed E-state index contributed by atoms with van der Waals surface area (Å²) in [7, 11) is 1.79. The molecule has 2 amide bonds. The van der Waals surface area contributed by atoms with Gasteiger partial charge in [0, 0.05) is 25.9 Å². The second-order valence-electron chi connectivity index (χ2n) is 6.05. The number of carbonyl (C=O) groups excluding carboxylic acids is 2. The van der Waals surface area contributed by atoms with Crippen molar-refractivity contribution in [2.75, 3.05) is 26.7 Å². The van der Waals surface area contributed by atoms with Gasteiger partial charge in [-0.1, -0.05) is 0 Å². The van der Waals surface area contributed by atoms with Gasteiger partial charge in [0.2, 0.25) is 11.8 Å². The average molecular weight is 251 g/mol. The highest BCUT2D eigenvalue weighted by Gasteiger charge is 2.57. The molecule has 2 saturated heterocycles. The molecule has 1 saturated carbocycles. The van der Waals surface area contributed by atoms with Gasteiger partial charge in [-0.2, -0.15) is 0 Å². The molecule has 0 radical (unpaired) electrons. The molecule has 2 atom stereocenters. The fourth-order valence-electron chi connectivity index (χ4n) is 3.46. The molecule has 18 heavy (non-hydrogen) atoms. The molecule has 2 unspecified atom stereocenters. The second-order valence-corrected chi connectivity index (χ2v) is 6.05. The zero-order chi connectivity index (χ0) is 12.8. The van der Waals surface area contributed by atoms with Crippen molar-refractivity contribution >= 4 is 11.8 Å². The predicted molar refractivity (Wildman–Crippen MR) is 66.8 cm³/mol. The molecule has 3 fully saturated rings. The first kappa shape index (κ1) is 12.0. The molecular formula is C13H21N3O2. The number of likely N-dealkylation sites (tertiary alicyclic amines) is 1. The Morgan fingerprint density at radius 3 is 2.78 bits per heavy atom. The standard InChI is InChI=1S/C13H21N3O2/c1-16-8-9(6-11(16)17)15-12(18)10-7-13(10)2-4-14-5-3-13/h9-10,14H,2-8H2,1H3,(H,15,18). The van der Waals surface area contributed by atoms with Crippen molar-refractivity contribution in [2.45, 2.75) is 31.7 Å². The summed E-state index contributed by atoms with van der Waals surface area (Å²) in [6.45, 7) is 2.73. The van der Waals surface area contributed by atoms with E-state index in [2.05, 4.69) is 10.6 Å². The van der Waals surface area contributed by atoms with Crippen LogP contribution in [0.3, 0.4) is 0 Å². The van der Waals surface area contributed by atoms with Crippen LogP contribution in [-0.4, -0.2) is 49.4 Å². The number of likely N-dealkylation sites (N-methyl/N-ethyl adjacent to an activating group) is 1. The predicted octanol–water partition coefficient (Wildman–Crippen LogP) is -0.277. The van der Waals surface area contributed by atoms with Crippen LogP contribution in [0.4, 0.5) is 0 Å². The van der Waals surface area contributed by atoms with Gasteiger partial charge in [0.15, 0.2) is 0 Å². The van der Waals surface area contributed by atoms with Gasteiger partial charge in [-0.3, -0.25) is 9.59 Å². The highest BCUT2D eigenvalue weighted by atomic mass is 16.2. The molecule has 3 aliphatic rings. The number of hydrogen-bond acceptors (Lipinski definition) is 3. The molecule has 100 valence electrons. The molecular weight excluding hydrogens is 230 g/mol. The number of nitrogens with zero attached hydrogens (tertiary/aromatic N) is 1. The molecule has 2 heterocycles. The Kier molecular flexibility index (Phi) is 2.81. The smallest absolute Gasteiger partial charge is 0.224 e. The zero-order valence-corrected chi connectivity index (χ0v) is 10.9. The van der Waals surface area contributed by atoms with Gasteiger partial charge in [-0.25, -0.2) is 0 Å². The second kappa shape index (κ2) is 4.23. The summed E-state index contributed by atoms with van der Waals surface area (Å²) >= 11 is 0. The van der Waals surface area contributed by atoms with Crippen molar-refractivity contribution < 1.29 is 9.59 Å². The minimum Gasteiger partial charge on any atom is -0.351 e. The van der Waals surface area contributed by atoms with E-state index >= 15 is 0 Å². The number of nitrogens with one attached hydrogen (secondary N) is 2. The van der Waals surface area contributed by atoms with Gasteiger partial charge in [0.1, 0.15) is 0 Å². The number of rotatable bonds is 2. The topological polar surface area (TPSA) is 61.4 Å². The van der Waals surface area contributed by atoms with Crippen molar-refractivity contribution in [3.05, 3.63) is 0 Å². The Morgan fingerprint density at radius 1 is 1.44 bits per heavy atom. The Hall–Kier alpha value is -1.10. The van der Waals surface area contributed by atoms with E-state index in [0.29, 0.717) is 13.0 Å². The molecule has 0 bridgehead atoms. The lowest BCUT2D eigenvalue weighted by Gasteiger charge is -2.23. The van der Waals surface area contributed by atoms with E-state index in [-0.39, 0.29) is 29.2 Å². The van der Waals surface area contributed by atoms with Crippen LogP contribution in [0.25, 0.3) is 0 Å². The summed E-state index contributed by atoms with van der Waals surface area (Å²) in [4.78, 5) is 25.3. The van der Waals surface area contributed by atoms with Gasteiger partial charge in [0.25, 0.3) is 0 Å². The maximum absolute atomic E-state index is 12.2. The van der Waals surface area contributed by atoms with Crippen LogP contribution >= 0.6 is 0 Å². The summed E-state index contributed by atoms with van der Waals surface area (Å²) in [5.41, 5.74) is 0.282. The van der Waals surface area contributed by atoms with E-state index in [1.54, 1.807) is 11.9 Å².